The van der Waals surface area contributed by atoms with Crippen LogP contribution in [0.2, 0.25) is 0 Å². The summed E-state index contributed by atoms with van der Waals surface area (Å²) in [7, 11) is 2.13. The van der Waals surface area contributed by atoms with Gasteiger partial charge in [0, 0.05) is 43.5 Å². The van der Waals surface area contributed by atoms with Crippen LogP contribution in [0.4, 0.5) is 17.6 Å². The summed E-state index contributed by atoms with van der Waals surface area (Å²) in [5.41, 5.74) is 4.86. The second kappa shape index (κ2) is 10.5. The number of pyridine rings is 1. The highest BCUT2D eigenvalue weighted by Gasteiger charge is 2.38. The summed E-state index contributed by atoms with van der Waals surface area (Å²) >= 11 is 0. The van der Waals surface area contributed by atoms with Crippen LogP contribution in [0.15, 0.2) is 65.6 Å². The molecule has 0 aliphatic carbocycles. The number of carboxylic acids is 1. The van der Waals surface area contributed by atoms with Gasteiger partial charge < -0.3 is 9.52 Å². The van der Waals surface area contributed by atoms with E-state index in [9.17, 15) is 17.6 Å². The molecule has 0 radical (unpaired) electrons. The van der Waals surface area contributed by atoms with Crippen LogP contribution in [0, 0.1) is 5.82 Å². The molecule has 8 nitrogen and oxygen atoms in total. The molecule has 0 saturated carbocycles. The van der Waals surface area contributed by atoms with E-state index in [2.05, 4.69) is 27.2 Å². The number of rotatable bonds is 4. The third kappa shape index (κ3) is 5.89. The van der Waals surface area contributed by atoms with Gasteiger partial charge in [-0.05, 0) is 36.9 Å². The molecule has 1 aromatic carbocycles. The Morgan fingerprint density at radius 2 is 1.94 bits per heavy atom. The Balaban J connectivity index is 0.000000384. The predicted octanol–water partition coefficient (Wildman–Crippen LogP) is 4.25. The number of alkyl halides is 3. The Labute approximate surface area is 203 Å². The Kier molecular flexibility index (Phi) is 7.36. The van der Waals surface area contributed by atoms with Crippen molar-refractivity contribution in [1.82, 2.24) is 24.6 Å². The summed E-state index contributed by atoms with van der Waals surface area (Å²) in [5, 5.41) is 16.0. The van der Waals surface area contributed by atoms with Crippen LogP contribution in [0.25, 0.3) is 16.6 Å². The van der Waals surface area contributed by atoms with Crippen LogP contribution in [-0.2, 0) is 11.3 Å². The average molecular weight is 505 g/mol. The van der Waals surface area contributed by atoms with Gasteiger partial charge in [-0.3, -0.25) is 9.80 Å². The van der Waals surface area contributed by atoms with Gasteiger partial charge in [-0.15, -0.1) is 5.10 Å². The molecule has 1 unspecified atom stereocenters. The fraction of sp³-hybridized carbons (Fsp3) is 0.292. The maximum Gasteiger partial charge on any atom is 0.490 e. The number of benzene rings is 1. The molecule has 0 bridgehead atoms. The number of hydrogen-bond acceptors (Lipinski definition) is 6. The van der Waals surface area contributed by atoms with Crippen LogP contribution in [0.1, 0.15) is 17.3 Å². The number of nitrogens with zero attached hydrogens (tertiary/aromatic N) is 5. The Morgan fingerprint density at radius 3 is 2.61 bits per heavy atom. The van der Waals surface area contributed by atoms with E-state index in [0.717, 1.165) is 48.5 Å². The zero-order chi connectivity index (χ0) is 25.9. The topological polar surface area (TPSA) is 87.1 Å². The highest BCUT2D eigenvalue weighted by Crippen LogP contribution is 2.28. The summed E-state index contributed by atoms with van der Waals surface area (Å²) in [5.74, 6) is -3.00. The first-order valence-electron chi connectivity index (χ1n) is 11.0. The summed E-state index contributed by atoms with van der Waals surface area (Å²) in [4.78, 5) is 13.6. The number of carboxylic acid groups (broad SMARTS) is 1. The third-order valence-electron chi connectivity index (χ3n) is 5.87. The molecule has 4 aromatic rings. The normalized spacial score (nSPS) is 17.1. The van der Waals surface area contributed by atoms with Crippen LogP contribution >= 0.6 is 0 Å². The Morgan fingerprint density at radius 1 is 1.17 bits per heavy atom. The van der Waals surface area contributed by atoms with Crippen molar-refractivity contribution in [2.45, 2.75) is 18.8 Å². The van der Waals surface area contributed by atoms with E-state index >= 15 is 0 Å². The molecule has 1 fully saturated rings. The smallest absolute Gasteiger partial charge is 0.475 e. The van der Waals surface area contributed by atoms with E-state index in [1.807, 2.05) is 30.5 Å². The molecule has 1 N–H and O–H groups in total. The SMILES string of the molecule is CN1CCN(Cc2ccoc2)CC1c1nnn2cc(-c3cccc(F)c3)ccc12.O=C(O)C(F)(F)F. The maximum atomic E-state index is 13.6. The minimum atomic E-state index is -5.08. The van der Waals surface area contributed by atoms with Gasteiger partial charge in [0.25, 0.3) is 0 Å². The fourth-order valence-corrected chi connectivity index (χ4v) is 4.00. The number of likely N-dealkylation sites (N-methyl/N-ethyl adjacent to an activating group) is 1. The number of hydrogen-bond donors (Lipinski definition) is 1. The highest BCUT2D eigenvalue weighted by atomic mass is 19.4. The summed E-state index contributed by atoms with van der Waals surface area (Å²) in [6.07, 6.45) is 0.341. The minimum Gasteiger partial charge on any atom is -0.475 e. The van der Waals surface area contributed by atoms with E-state index in [0.29, 0.717) is 0 Å². The Hall–Kier alpha value is -3.77. The number of carbonyl (C=O) groups is 1. The zero-order valence-corrected chi connectivity index (χ0v) is 19.2. The van der Waals surface area contributed by atoms with Crippen molar-refractivity contribution in [3.05, 3.63) is 78.3 Å². The number of fused-ring (bicyclic) bond motifs is 1. The van der Waals surface area contributed by atoms with Gasteiger partial charge in [-0.2, -0.15) is 13.2 Å². The van der Waals surface area contributed by atoms with Crippen molar-refractivity contribution in [1.29, 1.82) is 0 Å². The molecule has 36 heavy (non-hydrogen) atoms. The van der Waals surface area contributed by atoms with Gasteiger partial charge in [0.1, 0.15) is 11.5 Å². The van der Waals surface area contributed by atoms with Crippen molar-refractivity contribution in [2.24, 2.45) is 0 Å². The van der Waals surface area contributed by atoms with Gasteiger partial charge in [0.2, 0.25) is 0 Å². The lowest BCUT2D eigenvalue weighted by atomic mass is 10.1. The highest BCUT2D eigenvalue weighted by molar-refractivity contribution is 5.73. The van der Waals surface area contributed by atoms with Gasteiger partial charge in [0.15, 0.2) is 0 Å². The molecule has 4 heterocycles. The number of piperazine rings is 1. The van der Waals surface area contributed by atoms with Crippen molar-refractivity contribution in [2.75, 3.05) is 26.7 Å². The molecular formula is C24H23F4N5O3. The Bertz CT molecular complexity index is 1320. The minimum absolute atomic E-state index is 0.160. The maximum absolute atomic E-state index is 13.6. The van der Waals surface area contributed by atoms with E-state index in [-0.39, 0.29) is 11.9 Å². The first kappa shape index (κ1) is 25.3. The number of aliphatic carboxylic acids is 1. The van der Waals surface area contributed by atoms with Crippen LogP contribution in [0.5, 0.6) is 0 Å². The standard InChI is InChI=1S/C22H22FN5O.C2HF3O2/c1-26-8-9-27(12-16-7-10-29-15-16)14-21(26)22-20-6-5-18(13-28(20)25-24-22)17-3-2-4-19(23)11-17;3-2(4,5)1(6)7/h2-7,10-11,13,15,21H,8-9,12,14H2,1H3;(H,6,7). The molecule has 0 spiro atoms. The molecule has 12 heteroatoms. The molecule has 1 aliphatic rings. The molecule has 1 aliphatic heterocycles. The second-order valence-corrected chi connectivity index (χ2v) is 8.40. The summed E-state index contributed by atoms with van der Waals surface area (Å²) in [6, 6.07) is 12.8. The molecule has 3 aromatic heterocycles. The molecule has 5 rings (SSSR count). The molecule has 0 amide bonds. The van der Waals surface area contributed by atoms with Crippen LogP contribution < -0.4 is 0 Å². The lowest BCUT2D eigenvalue weighted by molar-refractivity contribution is -0.192. The van der Waals surface area contributed by atoms with Gasteiger partial charge in [-0.1, -0.05) is 23.4 Å². The lowest BCUT2D eigenvalue weighted by Crippen LogP contribution is -2.46. The second-order valence-electron chi connectivity index (χ2n) is 8.40. The quantitative estimate of drug-likeness (QED) is 0.415. The van der Waals surface area contributed by atoms with Crippen LogP contribution in [0.3, 0.4) is 0 Å². The van der Waals surface area contributed by atoms with E-state index < -0.39 is 12.1 Å². The molecule has 190 valence electrons. The zero-order valence-electron chi connectivity index (χ0n) is 19.2. The first-order chi connectivity index (χ1) is 17.1. The summed E-state index contributed by atoms with van der Waals surface area (Å²) in [6.45, 7) is 3.70. The van der Waals surface area contributed by atoms with Crippen LogP contribution in [-0.4, -0.2) is 68.6 Å². The van der Waals surface area contributed by atoms with Gasteiger partial charge in [0.05, 0.1) is 24.1 Å². The van der Waals surface area contributed by atoms with Crippen molar-refractivity contribution in [3.8, 4) is 11.1 Å². The third-order valence-corrected chi connectivity index (χ3v) is 5.87. The number of furan rings is 1. The molecular weight excluding hydrogens is 482 g/mol. The van der Waals surface area contributed by atoms with E-state index in [1.165, 1.54) is 17.7 Å². The fourth-order valence-electron chi connectivity index (χ4n) is 4.00. The van der Waals surface area contributed by atoms with E-state index in [4.69, 9.17) is 14.3 Å². The van der Waals surface area contributed by atoms with E-state index in [1.54, 1.807) is 23.1 Å². The molecule has 1 saturated heterocycles. The van der Waals surface area contributed by atoms with Gasteiger partial charge in [-0.25, -0.2) is 13.7 Å². The average Bonchev–Trinajstić information content (AvgIpc) is 3.49. The van der Waals surface area contributed by atoms with Crippen molar-refractivity contribution in [3.63, 3.8) is 0 Å². The lowest BCUT2D eigenvalue weighted by Gasteiger charge is -2.38. The number of aromatic nitrogens is 3. The number of halogens is 4. The predicted molar refractivity (Wildman–Crippen MR) is 121 cm³/mol. The largest absolute Gasteiger partial charge is 0.490 e. The van der Waals surface area contributed by atoms with Gasteiger partial charge >= 0.3 is 12.1 Å². The monoisotopic (exact) mass is 505 g/mol. The summed E-state index contributed by atoms with van der Waals surface area (Å²) < 4.78 is 52.3. The van der Waals surface area contributed by atoms with Crippen molar-refractivity contribution < 1.29 is 31.9 Å². The van der Waals surface area contributed by atoms with Crippen molar-refractivity contribution >= 4 is 11.5 Å². The first-order valence-corrected chi connectivity index (χ1v) is 11.0. The molecule has 1 atom stereocenters.